The first-order valence-electron chi connectivity index (χ1n) is 12.3. The van der Waals surface area contributed by atoms with Gasteiger partial charge in [0, 0.05) is 6.07 Å². The molecule has 10 nitrogen and oxygen atoms in total. The maximum absolute atomic E-state index is 12.2. The standard InChI is InChI=1S/C25H36O10/c1-2-3-4-5-6-7-8-9-12-32-15-10-11-16-17(13-15)33-24(31)22(30)23(16)35-25-21(29)20(28)19(27)18(14-26)34-25/h10-11,13,18-21,25-30H,2-9,12,14H2,1H3/t18-,19+,20+,21-,25+/m1/s1. The fourth-order valence-electron chi connectivity index (χ4n) is 4.06. The van der Waals surface area contributed by atoms with Gasteiger partial charge in [-0.15, -0.1) is 0 Å². The van der Waals surface area contributed by atoms with Crippen molar-refractivity contribution in [2.75, 3.05) is 13.2 Å². The first kappa shape index (κ1) is 27.2. The Morgan fingerprint density at radius 1 is 0.943 bits per heavy atom. The van der Waals surface area contributed by atoms with E-state index in [1.807, 2.05) is 0 Å². The fraction of sp³-hybridized carbons (Fsp3) is 0.640. The summed E-state index contributed by atoms with van der Waals surface area (Å²) in [6.07, 6.45) is 1.71. The highest BCUT2D eigenvalue weighted by molar-refractivity contribution is 5.86. The Bertz CT molecular complexity index is 988. The van der Waals surface area contributed by atoms with E-state index < -0.39 is 48.7 Å². The van der Waals surface area contributed by atoms with E-state index in [1.165, 1.54) is 44.2 Å². The second kappa shape index (κ2) is 13.1. The molecule has 1 aliphatic heterocycles. The van der Waals surface area contributed by atoms with Crippen molar-refractivity contribution in [1.82, 2.24) is 0 Å². The molecule has 5 atom stereocenters. The Morgan fingerprint density at radius 2 is 1.63 bits per heavy atom. The van der Waals surface area contributed by atoms with Crippen LogP contribution in [-0.4, -0.2) is 69.5 Å². The van der Waals surface area contributed by atoms with Gasteiger partial charge in [0.15, 0.2) is 5.75 Å². The van der Waals surface area contributed by atoms with Crippen molar-refractivity contribution in [3.8, 4) is 17.2 Å². The molecule has 0 unspecified atom stereocenters. The summed E-state index contributed by atoms with van der Waals surface area (Å²) < 4.78 is 21.8. The van der Waals surface area contributed by atoms with Crippen molar-refractivity contribution < 1.29 is 44.2 Å². The van der Waals surface area contributed by atoms with Gasteiger partial charge in [-0.3, -0.25) is 0 Å². The molecule has 0 aliphatic carbocycles. The summed E-state index contributed by atoms with van der Waals surface area (Å²) in [5.74, 6) is -0.689. The van der Waals surface area contributed by atoms with E-state index in [4.69, 9.17) is 18.6 Å². The molecule has 1 saturated heterocycles. The second-order valence-electron chi connectivity index (χ2n) is 8.86. The van der Waals surface area contributed by atoms with Gasteiger partial charge in [-0.25, -0.2) is 4.79 Å². The van der Waals surface area contributed by atoms with E-state index in [-0.39, 0.29) is 16.7 Å². The molecule has 3 rings (SSSR count). The minimum absolute atomic E-state index is 0.0841. The molecule has 2 heterocycles. The Kier molecular flexibility index (Phi) is 10.2. The molecule has 1 aliphatic rings. The van der Waals surface area contributed by atoms with Gasteiger partial charge in [0.05, 0.1) is 18.6 Å². The summed E-state index contributed by atoms with van der Waals surface area (Å²) in [7, 11) is 0. The molecule has 10 heteroatoms. The van der Waals surface area contributed by atoms with Crippen LogP contribution in [0.2, 0.25) is 0 Å². The van der Waals surface area contributed by atoms with Crippen molar-refractivity contribution in [2.24, 2.45) is 0 Å². The first-order chi connectivity index (χ1) is 16.9. The number of hydrogen-bond donors (Lipinski definition) is 5. The van der Waals surface area contributed by atoms with Crippen LogP contribution in [0, 0.1) is 0 Å². The van der Waals surface area contributed by atoms with E-state index >= 15 is 0 Å². The number of aliphatic hydroxyl groups excluding tert-OH is 4. The predicted octanol–water partition coefficient (Wildman–Crippen LogP) is 2.20. The molecular formula is C25H36O10. The van der Waals surface area contributed by atoms with Crippen LogP contribution >= 0.6 is 0 Å². The lowest BCUT2D eigenvalue weighted by molar-refractivity contribution is -0.277. The lowest BCUT2D eigenvalue weighted by Crippen LogP contribution is -2.60. The molecule has 0 radical (unpaired) electrons. The molecule has 0 bridgehead atoms. The largest absolute Gasteiger partial charge is 0.499 e. The molecule has 1 aromatic carbocycles. The van der Waals surface area contributed by atoms with Gasteiger partial charge in [-0.05, 0) is 18.6 Å². The smallest absolute Gasteiger partial charge is 0.382 e. The third kappa shape index (κ3) is 6.86. The molecule has 196 valence electrons. The normalized spacial score (nSPS) is 24.5. The molecule has 5 N–H and O–H groups in total. The third-order valence-electron chi connectivity index (χ3n) is 6.16. The van der Waals surface area contributed by atoms with Gasteiger partial charge in [0.1, 0.15) is 35.7 Å². The van der Waals surface area contributed by atoms with Crippen LogP contribution in [0.15, 0.2) is 27.4 Å². The lowest BCUT2D eigenvalue weighted by Gasteiger charge is -2.39. The number of rotatable bonds is 13. The summed E-state index contributed by atoms with van der Waals surface area (Å²) in [6, 6.07) is 4.66. The summed E-state index contributed by atoms with van der Waals surface area (Å²) in [5.41, 5.74) is -0.988. The van der Waals surface area contributed by atoms with Gasteiger partial charge < -0.3 is 44.2 Å². The minimum Gasteiger partial charge on any atom is -0.499 e. The van der Waals surface area contributed by atoms with Crippen LogP contribution in [0.4, 0.5) is 0 Å². The quantitative estimate of drug-likeness (QED) is 0.205. The molecule has 1 aromatic heterocycles. The Morgan fingerprint density at radius 3 is 2.31 bits per heavy atom. The maximum Gasteiger partial charge on any atom is 0.382 e. The van der Waals surface area contributed by atoms with Crippen molar-refractivity contribution in [3.63, 3.8) is 0 Å². The zero-order valence-corrected chi connectivity index (χ0v) is 20.0. The van der Waals surface area contributed by atoms with Crippen LogP contribution in [0.1, 0.15) is 58.3 Å². The summed E-state index contributed by atoms with van der Waals surface area (Å²) >= 11 is 0. The molecule has 0 amide bonds. The fourth-order valence-corrected chi connectivity index (χ4v) is 4.06. The highest BCUT2D eigenvalue weighted by atomic mass is 16.7. The summed E-state index contributed by atoms with van der Waals surface area (Å²) in [4.78, 5) is 12.2. The highest BCUT2D eigenvalue weighted by Gasteiger charge is 2.45. The van der Waals surface area contributed by atoms with Crippen LogP contribution in [0.3, 0.4) is 0 Å². The average Bonchev–Trinajstić information content (AvgIpc) is 2.85. The van der Waals surface area contributed by atoms with Gasteiger partial charge in [-0.2, -0.15) is 0 Å². The van der Waals surface area contributed by atoms with Crippen molar-refractivity contribution in [1.29, 1.82) is 0 Å². The van der Waals surface area contributed by atoms with Crippen LogP contribution < -0.4 is 15.1 Å². The van der Waals surface area contributed by atoms with Gasteiger partial charge >= 0.3 is 5.63 Å². The molecule has 1 fully saturated rings. The average molecular weight is 497 g/mol. The maximum atomic E-state index is 12.2. The van der Waals surface area contributed by atoms with E-state index in [2.05, 4.69) is 6.92 Å². The number of benzene rings is 1. The number of unbranched alkanes of at least 4 members (excludes halogenated alkanes) is 7. The zero-order chi connectivity index (χ0) is 25.4. The number of fused-ring (bicyclic) bond motifs is 1. The zero-order valence-electron chi connectivity index (χ0n) is 20.0. The number of aromatic hydroxyl groups is 1. The first-order valence-corrected chi connectivity index (χ1v) is 12.3. The summed E-state index contributed by atoms with van der Waals surface area (Å²) in [6.45, 7) is 2.07. The van der Waals surface area contributed by atoms with Gasteiger partial charge in [0.25, 0.3) is 0 Å². The summed E-state index contributed by atoms with van der Waals surface area (Å²) in [5, 5.41) is 49.9. The molecule has 0 spiro atoms. The minimum atomic E-state index is -1.70. The Balaban J connectivity index is 1.65. The van der Waals surface area contributed by atoms with Crippen LogP contribution in [0.25, 0.3) is 11.0 Å². The second-order valence-corrected chi connectivity index (χ2v) is 8.86. The van der Waals surface area contributed by atoms with Gasteiger partial charge in [0.2, 0.25) is 12.0 Å². The van der Waals surface area contributed by atoms with Gasteiger partial charge in [-0.1, -0.05) is 51.9 Å². The van der Waals surface area contributed by atoms with E-state index in [9.17, 15) is 30.3 Å². The SMILES string of the molecule is CCCCCCCCCCOc1ccc2c(O[C@@H]3O[C@H](CO)[C@H](O)[C@H](O)[C@H]3O)c(O)c(=O)oc2c1. The Labute approximate surface area is 203 Å². The third-order valence-corrected chi connectivity index (χ3v) is 6.16. The van der Waals surface area contributed by atoms with Crippen molar-refractivity contribution in [2.45, 2.75) is 89.0 Å². The Hall–Kier alpha value is -2.37. The number of aliphatic hydroxyl groups is 4. The van der Waals surface area contributed by atoms with Crippen molar-refractivity contribution >= 4 is 11.0 Å². The topological polar surface area (TPSA) is 159 Å². The molecule has 2 aromatic rings. The van der Waals surface area contributed by atoms with E-state index in [0.29, 0.717) is 12.4 Å². The number of ether oxygens (including phenoxy) is 3. The van der Waals surface area contributed by atoms with Crippen LogP contribution in [0.5, 0.6) is 17.2 Å². The van der Waals surface area contributed by atoms with E-state index in [0.717, 1.165) is 19.3 Å². The van der Waals surface area contributed by atoms with Crippen LogP contribution in [-0.2, 0) is 4.74 Å². The molecule has 0 saturated carbocycles. The van der Waals surface area contributed by atoms with E-state index in [1.54, 1.807) is 6.07 Å². The molecular weight excluding hydrogens is 460 g/mol. The van der Waals surface area contributed by atoms with Crippen molar-refractivity contribution in [3.05, 3.63) is 28.6 Å². The number of hydrogen-bond acceptors (Lipinski definition) is 10. The predicted molar refractivity (Wildman–Crippen MR) is 127 cm³/mol. The molecule has 35 heavy (non-hydrogen) atoms. The highest BCUT2D eigenvalue weighted by Crippen LogP contribution is 2.36. The lowest BCUT2D eigenvalue weighted by atomic mass is 9.99. The monoisotopic (exact) mass is 496 g/mol.